The minimum absolute atomic E-state index is 0.163. The molecule has 0 aromatic heterocycles. The normalized spacial score (nSPS) is 12.1. The highest BCUT2D eigenvalue weighted by Gasteiger charge is 2.17. The van der Waals surface area contributed by atoms with E-state index in [-0.39, 0.29) is 6.42 Å². The van der Waals surface area contributed by atoms with E-state index in [4.69, 9.17) is 5.21 Å². The van der Waals surface area contributed by atoms with E-state index in [0.717, 1.165) is 17.7 Å². The molecule has 0 saturated heterocycles. The van der Waals surface area contributed by atoms with Crippen molar-refractivity contribution in [1.82, 2.24) is 5.48 Å². The van der Waals surface area contributed by atoms with Gasteiger partial charge in [0, 0.05) is 17.9 Å². The minimum atomic E-state index is -0.413. The number of nitrogens with zero attached hydrogens (tertiary/aromatic N) is 1. The van der Waals surface area contributed by atoms with Gasteiger partial charge in [-0.3, -0.25) is 10.0 Å². The zero-order valence-corrected chi connectivity index (χ0v) is 14.8. The van der Waals surface area contributed by atoms with Crippen LogP contribution in [-0.2, 0) is 17.8 Å². The number of nitrogens with one attached hydrogen (secondary N) is 1. The van der Waals surface area contributed by atoms with Crippen LogP contribution in [-0.4, -0.2) is 11.1 Å². The van der Waals surface area contributed by atoms with E-state index >= 15 is 0 Å². The van der Waals surface area contributed by atoms with Crippen LogP contribution in [0.1, 0.15) is 22.3 Å². The highest BCUT2D eigenvalue weighted by molar-refractivity contribution is 5.88. The molecule has 3 aromatic carbocycles. The fraction of sp³-hybridized carbons (Fsp3) is 0.0870. The van der Waals surface area contributed by atoms with Gasteiger partial charge in [-0.2, -0.15) is 0 Å². The van der Waals surface area contributed by atoms with Gasteiger partial charge in [0.05, 0.1) is 6.42 Å². The third kappa shape index (κ3) is 3.61. The summed E-state index contributed by atoms with van der Waals surface area (Å²) >= 11 is 0. The molecule has 1 aliphatic rings. The second-order valence-corrected chi connectivity index (χ2v) is 6.57. The molecule has 0 saturated carbocycles. The molecule has 3 aromatic rings. The number of fused-ring (bicyclic) bond motifs is 2. The average Bonchev–Trinajstić information content (AvgIpc) is 2.87. The molecule has 4 nitrogen and oxygen atoms in total. The molecule has 0 spiro atoms. The van der Waals surface area contributed by atoms with Gasteiger partial charge in [0.1, 0.15) is 0 Å². The number of anilines is 2. The lowest BCUT2D eigenvalue weighted by Gasteiger charge is -2.27. The lowest BCUT2D eigenvalue weighted by Crippen LogP contribution is -2.20. The Balaban J connectivity index is 1.67. The Morgan fingerprint density at radius 2 is 1.30 bits per heavy atom. The molecule has 1 aliphatic heterocycles. The minimum Gasteiger partial charge on any atom is -0.336 e. The SMILES string of the molecule is O=C(Cc1ccc(CN2c3ccccc3C=Cc3ccccc32)cc1)NO. The maximum Gasteiger partial charge on any atom is 0.247 e. The van der Waals surface area contributed by atoms with E-state index in [0.29, 0.717) is 0 Å². The molecule has 27 heavy (non-hydrogen) atoms. The van der Waals surface area contributed by atoms with E-state index in [1.807, 2.05) is 24.3 Å². The van der Waals surface area contributed by atoms with Gasteiger partial charge in [-0.25, -0.2) is 5.48 Å². The number of benzene rings is 3. The van der Waals surface area contributed by atoms with Crippen molar-refractivity contribution >= 4 is 29.4 Å². The molecule has 0 bridgehead atoms. The van der Waals surface area contributed by atoms with Crippen molar-refractivity contribution in [3.63, 3.8) is 0 Å². The molecule has 1 amide bonds. The maximum atomic E-state index is 11.3. The van der Waals surface area contributed by atoms with Crippen molar-refractivity contribution in [1.29, 1.82) is 0 Å². The van der Waals surface area contributed by atoms with Crippen LogP contribution >= 0.6 is 0 Å². The smallest absolute Gasteiger partial charge is 0.247 e. The van der Waals surface area contributed by atoms with Gasteiger partial charge < -0.3 is 4.90 Å². The Morgan fingerprint density at radius 3 is 1.85 bits per heavy atom. The predicted octanol–water partition coefficient (Wildman–Crippen LogP) is 4.56. The second-order valence-electron chi connectivity index (χ2n) is 6.57. The van der Waals surface area contributed by atoms with Crippen LogP contribution in [0.5, 0.6) is 0 Å². The van der Waals surface area contributed by atoms with Gasteiger partial charge in [-0.15, -0.1) is 0 Å². The van der Waals surface area contributed by atoms with E-state index < -0.39 is 5.91 Å². The van der Waals surface area contributed by atoms with Crippen molar-refractivity contribution < 1.29 is 10.0 Å². The molecular formula is C23H20N2O2. The molecule has 0 atom stereocenters. The number of hydrogen-bond donors (Lipinski definition) is 2. The van der Waals surface area contributed by atoms with Crippen LogP contribution in [0.4, 0.5) is 11.4 Å². The number of para-hydroxylation sites is 2. The van der Waals surface area contributed by atoms with E-state index in [1.54, 1.807) is 5.48 Å². The number of rotatable bonds is 4. The van der Waals surface area contributed by atoms with Crippen LogP contribution in [0, 0.1) is 0 Å². The first-order valence-electron chi connectivity index (χ1n) is 8.89. The molecule has 4 rings (SSSR count). The van der Waals surface area contributed by atoms with E-state index in [2.05, 4.69) is 65.6 Å². The quantitative estimate of drug-likeness (QED) is 0.532. The van der Waals surface area contributed by atoms with Gasteiger partial charge in [-0.1, -0.05) is 72.8 Å². The Morgan fingerprint density at radius 1 is 0.778 bits per heavy atom. The van der Waals surface area contributed by atoms with Gasteiger partial charge in [-0.05, 0) is 34.4 Å². The van der Waals surface area contributed by atoms with Crippen molar-refractivity contribution in [3.8, 4) is 0 Å². The van der Waals surface area contributed by atoms with Crippen LogP contribution in [0.15, 0.2) is 72.8 Å². The fourth-order valence-corrected chi connectivity index (χ4v) is 3.40. The predicted molar refractivity (Wildman–Crippen MR) is 108 cm³/mol. The summed E-state index contributed by atoms with van der Waals surface area (Å²) < 4.78 is 0. The first-order chi connectivity index (χ1) is 13.2. The summed E-state index contributed by atoms with van der Waals surface area (Å²) in [6.07, 6.45) is 4.48. The summed E-state index contributed by atoms with van der Waals surface area (Å²) in [5, 5.41) is 8.67. The first kappa shape index (κ1) is 17.1. The average molecular weight is 356 g/mol. The standard InChI is InChI=1S/C23H20N2O2/c26-23(24-27)15-17-9-11-18(12-10-17)16-25-21-7-3-1-5-19(21)13-14-20-6-2-4-8-22(20)25/h1-14,27H,15-16H2,(H,24,26). The Hall–Kier alpha value is -3.37. The third-order valence-electron chi connectivity index (χ3n) is 4.75. The molecule has 0 aliphatic carbocycles. The Bertz CT molecular complexity index is 944. The van der Waals surface area contributed by atoms with Crippen LogP contribution < -0.4 is 10.4 Å². The molecule has 4 heteroatoms. The Kier molecular flexibility index (Phi) is 4.73. The van der Waals surface area contributed by atoms with Crippen LogP contribution in [0.3, 0.4) is 0 Å². The number of carbonyl (C=O) groups is 1. The molecule has 1 heterocycles. The third-order valence-corrected chi connectivity index (χ3v) is 4.75. The maximum absolute atomic E-state index is 11.3. The van der Waals surface area contributed by atoms with E-state index in [1.165, 1.54) is 22.5 Å². The van der Waals surface area contributed by atoms with E-state index in [9.17, 15) is 4.79 Å². The summed E-state index contributed by atoms with van der Waals surface area (Å²) in [5.74, 6) is -0.413. The summed E-state index contributed by atoms with van der Waals surface area (Å²) in [6, 6.07) is 24.7. The second kappa shape index (κ2) is 7.48. The molecular weight excluding hydrogens is 336 g/mol. The van der Waals surface area contributed by atoms with Crippen molar-refractivity contribution in [2.45, 2.75) is 13.0 Å². The fourth-order valence-electron chi connectivity index (χ4n) is 3.40. The number of hydrogen-bond acceptors (Lipinski definition) is 3. The lowest BCUT2D eigenvalue weighted by atomic mass is 10.1. The zero-order valence-electron chi connectivity index (χ0n) is 14.8. The summed E-state index contributed by atoms with van der Waals surface area (Å²) in [5.41, 5.74) is 8.39. The Labute approximate surface area is 158 Å². The molecule has 0 unspecified atom stereocenters. The van der Waals surface area contributed by atoms with Gasteiger partial charge >= 0.3 is 0 Å². The monoisotopic (exact) mass is 356 g/mol. The molecule has 2 N–H and O–H groups in total. The highest BCUT2D eigenvalue weighted by atomic mass is 16.5. The summed E-state index contributed by atoms with van der Waals surface area (Å²) in [4.78, 5) is 13.6. The molecule has 0 radical (unpaired) electrons. The number of amides is 1. The number of hydroxylamine groups is 1. The lowest BCUT2D eigenvalue weighted by molar-refractivity contribution is -0.128. The summed E-state index contributed by atoms with van der Waals surface area (Å²) in [6.45, 7) is 0.724. The van der Waals surface area contributed by atoms with Crippen molar-refractivity contribution in [3.05, 3.63) is 95.1 Å². The first-order valence-corrected chi connectivity index (χ1v) is 8.89. The van der Waals surface area contributed by atoms with Gasteiger partial charge in [0.15, 0.2) is 0 Å². The molecule has 134 valence electrons. The summed E-state index contributed by atoms with van der Waals surface area (Å²) in [7, 11) is 0. The van der Waals surface area contributed by atoms with Crippen LogP contribution in [0.2, 0.25) is 0 Å². The molecule has 0 fully saturated rings. The zero-order chi connectivity index (χ0) is 18.6. The van der Waals surface area contributed by atoms with Crippen LogP contribution in [0.25, 0.3) is 12.2 Å². The van der Waals surface area contributed by atoms with Crippen molar-refractivity contribution in [2.75, 3.05) is 4.90 Å². The topological polar surface area (TPSA) is 52.6 Å². The number of carbonyl (C=O) groups excluding carboxylic acids is 1. The largest absolute Gasteiger partial charge is 0.336 e. The van der Waals surface area contributed by atoms with Gasteiger partial charge in [0.25, 0.3) is 0 Å². The van der Waals surface area contributed by atoms with Gasteiger partial charge in [0.2, 0.25) is 5.91 Å². The highest BCUT2D eigenvalue weighted by Crippen LogP contribution is 2.37. The van der Waals surface area contributed by atoms with Crippen molar-refractivity contribution in [2.24, 2.45) is 0 Å².